The van der Waals surface area contributed by atoms with Gasteiger partial charge in [-0.05, 0) is 38.2 Å². The number of aliphatic carboxylic acids is 2. The molecule has 2 amide bonds. The molecule has 0 radical (unpaired) electrons. The number of hydrogen-bond donors (Lipinski definition) is 8. The molecule has 0 aliphatic carbocycles. The van der Waals surface area contributed by atoms with Crippen molar-refractivity contribution in [2.45, 2.75) is 65.0 Å². The number of phenolic OH excluding ortho intramolecular Hbond substituents is 2. The van der Waals surface area contributed by atoms with Crippen LogP contribution in [0.4, 0.5) is 16.2 Å². The van der Waals surface area contributed by atoms with Crippen LogP contribution in [0.15, 0.2) is 54.2 Å². The number of nitrogens with one attached hydrogen (secondary N) is 2. The zero-order valence-corrected chi connectivity index (χ0v) is 27.9. The molecule has 0 aromatic heterocycles. The minimum atomic E-state index is -1.82. The van der Waals surface area contributed by atoms with Gasteiger partial charge >= 0.3 is 18.0 Å². The lowest BCUT2D eigenvalue weighted by Gasteiger charge is -2.29. The van der Waals surface area contributed by atoms with Crippen LogP contribution in [0.1, 0.15) is 39.7 Å². The number of aliphatic hydroxyl groups excluding tert-OH is 1. The van der Waals surface area contributed by atoms with Crippen LogP contribution in [-0.4, -0.2) is 94.7 Å². The van der Waals surface area contributed by atoms with E-state index in [4.69, 9.17) is 39.7 Å². The highest BCUT2D eigenvalue weighted by Gasteiger charge is 2.30. The first-order valence-corrected chi connectivity index (χ1v) is 14.9. The average Bonchev–Trinajstić information content (AvgIpc) is 3.02. The fourth-order valence-electron chi connectivity index (χ4n) is 4.98. The van der Waals surface area contributed by atoms with Crippen molar-refractivity contribution in [3.63, 3.8) is 0 Å². The minimum Gasteiger partial charge on any atom is -0.506 e. The molecule has 1 aliphatic heterocycles. The fourth-order valence-corrected chi connectivity index (χ4v) is 4.98. The van der Waals surface area contributed by atoms with Gasteiger partial charge < -0.3 is 56.1 Å². The van der Waals surface area contributed by atoms with E-state index in [0.717, 1.165) is 0 Å². The number of nitrogens with two attached hydrogens (primary N) is 1. The summed E-state index contributed by atoms with van der Waals surface area (Å²) >= 11 is 0. The van der Waals surface area contributed by atoms with E-state index in [9.17, 15) is 24.9 Å². The number of anilines is 2. The van der Waals surface area contributed by atoms with Gasteiger partial charge in [-0.25, -0.2) is 14.4 Å². The minimum absolute atomic E-state index is 0.0416. The number of aromatic hydroxyl groups is 2. The Kier molecular flexibility index (Phi) is 16.9. The monoisotopic (exact) mass is 677 g/mol. The number of allylic oxidation sites excluding steroid dienone is 2. The van der Waals surface area contributed by atoms with Gasteiger partial charge in [-0.15, -0.1) is 6.58 Å². The summed E-state index contributed by atoms with van der Waals surface area (Å²) in [6.45, 7) is 11.1. The number of rotatable bonds is 6. The zero-order valence-electron chi connectivity index (χ0n) is 27.9. The lowest BCUT2D eigenvalue weighted by molar-refractivity contribution is -0.159. The van der Waals surface area contributed by atoms with Crippen LogP contribution in [0.2, 0.25) is 0 Å². The molecule has 0 spiro atoms. The number of benzene rings is 1. The lowest BCUT2D eigenvalue weighted by Crippen LogP contribution is -2.37. The smallest absolute Gasteiger partial charge is 0.414 e. The Morgan fingerprint density at radius 1 is 1.12 bits per heavy atom. The molecule has 0 unspecified atom stereocenters. The van der Waals surface area contributed by atoms with Crippen molar-refractivity contribution in [2.75, 3.05) is 31.4 Å². The summed E-state index contributed by atoms with van der Waals surface area (Å²) in [6, 6.07) is 1.28. The number of fused-ring (bicyclic) bond motifs is 2. The maximum Gasteiger partial charge on any atom is 0.414 e. The summed E-state index contributed by atoms with van der Waals surface area (Å²) in [7, 11) is 2.95. The maximum absolute atomic E-state index is 13.0. The van der Waals surface area contributed by atoms with Crippen molar-refractivity contribution in [3.8, 4) is 11.5 Å². The van der Waals surface area contributed by atoms with Crippen LogP contribution in [0.25, 0.3) is 0 Å². The molecular formula is C33H47N3O12. The third-order valence-corrected chi connectivity index (χ3v) is 7.44. The van der Waals surface area contributed by atoms with Gasteiger partial charge in [0.15, 0.2) is 6.10 Å². The highest BCUT2D eigenvalue weighted by atomic mass is 16.6. The Labute approximate surface area is 279 Å². The van der Waals surface area contributed by atoms with Gasteiger partial charge in [0.25, 0.3) is 5.91 Å². The van der Waals surface area contributed by atoms with Crippen molar-refractivity contribution >= 4 is 35.3 Å². The van der Waals surface area contributed by atoms with Crippen LogP contribution >= 0.6 is 0 Å². The van der Waals surface area contributed by atoms with E-state index in [1.165, 1.54) is 26.4 Å². The van der Waals surface area contributed by atoms with Crippen LogP contribution in [0.5, 0.6) is 11.5 Å². The molecule has 266 valence electrons. The molecular weight excluding hydrogens is 630 g/mol. The number of primary amides is 1. The van der Waals surface area contributed by atoms with Crippen LogP contribution in [0.3, 0.4) is 0 Å². The van der Waals surface area contributed by atoms with E-state index in [-0.39, 0.29) is 23.1 Å². The Morgan fingerprint density at radius 2 is 1.75 bits per heavy atom. The van der Waals surface area contributed by atoms with Crippen molar-refractivity contribution in [1.82, 2.24) is 0 Å². The molecule has 0 saturated heterocycles. The second-order valence-electron chi connectivity index (χ2n) is 11.3. The van der Waals surface area contributed by atoms with Crippen LogP contribution < -0.4 is 16.4 Å². The van der Waals surface area contributed by atoms with Gasteiger partial charge in [0.2, 0.25) is 0 Å². The first-order valence-electron chi connectivity index (χ1n) is 14.9. The summed E-state index contributed by atoms with van der Waals surface area (Å²) in [5, 5.41) is 53.8. The summed E-state index contributed by atoms with van der Waals surface area (Å²) in [5.74, 6) is -5.05. The first kappa shape index (κ1) is 41.2. The van der Waals surface area contributed by atoms with E-state index in [0.29, 0.717) is 41.8 Å². The van der Waals surface area contributed by atoms with Crippen molar-refractivity contribution < 1.29 is 58.9 Å². The van der Waals surface area contributed by atoms with Gasteiger partial charge in [0, 0.05) is 43.9 Å². The predicted octanol–water partition coefficient (Wildman–Crippen LogP) is 3.31. The molecule has 48 heavy (non-hydrogen) atoms. The number of aliphatic hydroxyl groups is 1. The molecule has 2 rings (SSSR count). The van der Waals surface area contributed by atoms with Gasteiger partial charge in [-0.2, -0.15) is 0 Å². The van der Waals surface area contributed by atoms with E-state index >= 15 is 0 Å². The lowest BCUT2D eigenvalue weighted by atomic mass is 9.87. The molecule has 1 heterocycles. The quantitative estimate of drug-likeness (QED) is 0.0933. The molecule has 0 saturated carbocycles. The molecule has 1 aliphatic rings. The van der Waals surface area contributed by atoms with E-state index < -0.39 is 54.3 Å². The van der Waals surface area contributed by atoms with Crippen LogP contribution in [0, 0.1) is 11.8 Å². The molecule has 1 aromatic carbocycles. The molecule has 2 bridgehead atoms. The summed E-state index contributed by atoms with van der Waals surface area (Å²) in [5.41, 5.74) is 7.01. The largest absolute Gasteiger partial charge is 0.506 e. The summed E-state index contributed by atoms with van der Waals surface area (Å²) < 4.78 is 16.6. The Balaban J connectivity index is 0.00000175. The highest BCUT2D eigenvalue weighted by Crippen LogP contribution is 2.42. The molecule has 9 N–H and O–H groups in total. The van der Waals surface area contributed by atoms with Crippen molar-refractivity contribution in [3.05, 3.63) is 59.7 Å². The maximum atomic E-state index is 13.0. The van der Waals surface area contributed by atoms with Crippen molar-refractivity contribution in [2.24, 2.45) is 17.6 Å². The highest BCUT2D eigenvalue weighted by molar-refractivity contribution is 6.27. The molecule has 0 fully saturated rings. The number of phenols is 2. The van der Waals surface area contributed by atoms with Gasteiger partial charge in [-0.3, -0.25) is 4.79 Å². The number of methoxy groups -OCH3 is 2. The average molecular weight is 678 g/mol. The molecule has 6 atom stereocenters. The number of carboxylic acids is 2. The molecule has 15 heteroatoms. The number of ether oxygens (including phenoxy) is 3. The number of carbonyl (C=O) groups excluding carboxylic acids is 2. The summed E-state index contributed by atoms with van der Waals surface area (Å²) in [4.78, 5) is 42.9. The second-order valence-corrected chi connectivity index (χ2v) is 11.3. The second kappa shape index (κ2) is 19.7. The fraction of sp³-hybridized carbons (Fsp3) is 0.455. The van der Waals surface area contributed by atoms with Gasteiger partial charge in [0.1, 0.15) is 17.6 Å². The first-order chi connectivity index (χ1) is 22.5. The third-order valence-electron chi connectivity index (χ3n) is 7.44. The SMILES string of the molecule is C=CCNc1c(O)cc2c(O)c1C[C@@H](C)C[C@H](OC)[C@H](O)[C@@H](C)/C=C(\C)[C@H](OC(N)=O)[C@@H](OC)/C=C\C=C(/C)C(=O)N2.O=C(O)C(=O)O. The van der Waals surface area contributed by atoms with E-state index in [1.54, 1.807) is 38.2 Å². The van der Waals surface area contributed by atoms with Crippen LogP contribution in [-0.2, 0) is 35.0 Å². The number of carboxylic acid groups (broad SMARTS) is 2. The number of carbonyl (C=O) groups is 4. The Hall–Kier alpha value is -4.86. The molecule has 1 aromatic rings. The third kappa shape index (κ3) is 12.4. The van der Waals surface area contributed by atoms with Gasteiger partial charge in [-0.1, -0.05) is 44.2 Å². The van der Waals surface area contributed by atoms with E-state index in [2.05, 4.69) is 17.2 Å². The van der Waals surface area contributed by atoms with Gasteiger partial charge in [0.05, 0.1) is 23.6 Å². The standard InChI is InChI=1S/C31H45N3O8.C2H2O4/c1-8-12-33-26-21-13-17(2)14-25(41-7)27(36)19(4)15-20(5)29(42-31(32)39)24(40-6)11-9-10-18(3)30(38)34-22(28(21)37)16-23(26)35;3-1(4)2(5)6/h8-11,15-17,19,24-25,27,29,33,35-37H,1,12-14H2,2-7H3,(H2,32,39)(H,34,38);(H,3,4)(H,5,6)/b11-9-,18-10+,20-15+;/t17-,19+,24+,25+,27-,29+;/m1./s1. The summed E-state index contributed by atoms with van der Waals surface area (Å²) in [6.07, 6.45) is 4.64. The Morgan fingerprint density at radius 3 is 2.27 bits per heavy atom. The predicted molar refractivity (Wildman–Crippen MR) is 178 cm³/mol. The number of amides is 2. The Bertz CT molecular complexity index is 1390. The number of hydrogen-bond acceptors (Lipinski definition) is 11. The molecule has 15 nitrogen and oxygen atoms in total. The zero-order chi connectivity index (χ0) is 36.7. The topological polar surface area (TPSA) is 247 Å². The normalized spacial score (nSPS) is 26.5. The van der Waals surface area contributed by atoms with Crippen molar-refractivity contribution in [1.29, 1.82) is 0 Å². The van der Waals surface area contributed by atoms with E-state index in [1.807, 2.05) is 13.8 Å².